The van der Waals surface area contributed by atoms with E-state index in [2.05, 4.69) is 21.6 Å². The van der Waals surface area contributed by atoms with E-state index in [-0.39, 0.29) is 18.1 Å². The molecule has 2 heterocycles. The van der Waals surface area contributed by atoms with Crippen LogP contribution in [-0.4, -0.2) is 48.2 Å². The molecule has 0 bridgehead atoms. The molecule has 5 heteroatoms. The van der Waals surface area contributed by atoms with Gasteiger partial charge in [0.2, 0.25) is 5.91 Å². The molecular formula is C14H19N3O2. The summed E-state index contributed by atoms with van der Waals surface area (Å²) in [6, 6.07) is 5.89. The van der Waals surface area contributed by atoms with Crippen molar-refractivity contribution >= 4 is 17.3 Å². The maximum atomic E-state index is 12.2. The van der Waals surface area contributed by atoms with Gasteiger partial charge in [0.25, 0.3) is 0 Å². The monoisotopic (exact) mass is 261 g/mol. The van der Waals surface area contributed by atoms with E-state index in [1.807, 2.05) is 19.2 Å². The zero-order valence-electron chi connectivity index (χ0n) is 11.0. The first-order valence-electron chi connectivity index (χ1n) is 6.71. The number of aliphatic hydroxyl groups is 1. The molecule has 0 radical (unpaired) electrons. The smallest absolute Gasteiger partial charge is 0.242 e. The van der Waals surface area contributed by atoms with Gasteiger partial charge in [-0.1, -0.05) is 6.07 Å². The van der Waals surface area contributed by atoms with Gasteiger partial charge >= 0.3 is 0 Å². The minimum Gasteiger partial charge on any atom is -0.392 e. The van der Waals surface area contributed by atoms with Crippen molar-refractivity contribution in [2.75, 3.05) is 30.8 Å². The number of hydrogen-bond acceptors (Lipinski definition) is 4. The molecular weight excluding hydrogens is 242 g/mol. The van der Waals surface area contributed by atoms with Crippen LogP contribution >= 0.6 is 0 Å². The molecule has 0 aromatic heterocycles. The molecule has 2 atom stereocenters. The fourth-order valence-electron chi connectivity index (χ4n) is 2.89. The van der Waals surface area contributed by atoms with Crippen LogP contribution in [0.25, 0.3) is 0 Å². The summed E-state index contributed by atoms with van der Waals surface area (Å²) in [4.78, 5) is 14.3. The Morgan fingerprint density at radius 2 is 2.32 bits per heavy atom. The standard InChI is InChI=1S/C14H19N3O2/c1-15-10-3-2-9-6-13(14(19)16-12(9)7-10)17-5-4-11(18)8-17/h2-3,7,11,13,15,18H,4-6,8H2,1H3,(H,16,19)/t11-,13?/m1/s1. The van der Waals surface area contributed by atoms with Gasteiger partial charge in [0.05, 0.1) is 12.1 Å². The molecule has 2 aliphatic rings. The molecule has 1 saturated heterocycles. The fourth-order valence-corrected chi connectivity index (χ4v) is 2.89. The highest BCUT2D eigenvalue weighted by atomic mass is 16.3. The molecule has 102 valence electrons. The second kappa shape index (κ2) is 4.83. The molecule has 1 aromatic carbocycles. The number of nitrogens with zero attached hydrogens (tertiary/aromatic N) is 1. The quantitative estimate of drug-likeness (QED) is 0.732. The zero-order chi connectivity index (χ0) is 13.4. The molecule has 1 unspecified atom stereocenters. The van der Waals surface area contributed by atoms with Gasteiger partial charge in [-0.05, 0) is 30.5 Å². The topological polar surface area (TPSA) is 64.6 Å². The number of fused-ring (bicyclic) bond motifs is 1. The summed E-state index contributed by atoms with van der Waals surface area (Å²) >= 11 is 0. The molecule has 1 amide bonds. The summed E-state index contributed by atoms with van der Waals surface area (Å²) in [5.74, 6) is 0.0369. The molecule has 0 aliphatic carbocycles. The molecule has 5 nitrogen and oxygen atoms in total. The number of anilines is 2. The number of carbonyl (C=O) groups excluding carboxylic acids is 1. The number of rotatable bonds is 2. The van der Waals surface area contributed by atoms with Crippen molar-refractivity contribution in [1.29, 1.82) is 0 Å². The van der Waals surface area contributed by atoms with Crippen molar-refractivity contribution in [2.24, 2.45) is 0 Å². The van der Waals surface area contributed by atoms with E-state index in [0.717, 1.165) is 36.3 Å². The molecule has 0 spiro atoms. The maximum Gasteiger partial charge on any atom is 0.242 e. The third kappa shape index (κ3) is 2.31. The van der Waals surface area contributed by atoms with E-state index in [9.17, 15) is 9.90 Å². The van der Waals surface area contributed by atoms with Gasteiger partial charge in [-0.2, -0.15) is 0 Å². The van der Waals surface area contributed by atoms with E-state index in [1.54, 1.807) is 0 Å². The summed E-state index contributed by atoms with van der Waals surface area (Å²) in [5, 5.41) is 15.6. The fraction of sp³-hybridized carbons (Fsp3) is 0.500. The molecule has 1 aromatic rings. The summed E-state index contributed by atoms with van der Waals surface area (Å²) in [6.45, 7) is 1.39. The maximum absolute atomic E-state index is 12.2. The van der Waals surface area contributed by atoms with Gasteiger partial charge in [-0.3, -0.25) is 9.69 Å². The van der Waals surface area contributed by atoms with Crippen molar-refractivity contribution in [3.05, 3.63) is 23.8 Å². The lowest BCUT2D eigenvalue weighted by atomic mass is 9.97. The second-order valence-electron chi connectivity index (χ2n) is 5.27. The van der Waals surface area contributed by atoms with Crippen molar-refractivity contribution in [2.45, 2.75) is 25.0 Å². The lowest BCUT2D eigenvalue weighted by Gasteiger charge is -2.31. The Morgan fingerprint density at radius 3 is 3.00 bits per heavy atom. The zero-order valence-corrected chi connectivity index (χ0v) is 11.0. The van der Waals surface area contributed by atoms with Gasteiger partial charge in [0.15, 0.2) is 0 Å². The molecule has 3 N–H and O–H groups in total. The lowest BCUT2D eigenvalue weighted by Crippen LogP contribution is -2.47. The van der Waals surface area contributed by atoms with Crippen LogP contribution in [0.15, 0.2) is 18.2 Å². The van der Waals surface area contributed by atoms with Crippen LogP contribution in [0.2, 0.25) is 0 Å². The van der Waals surface area contributed by atoms with Crippen LogP contribution in [-0.2, 0) is 11.2 Å². The van der Waals surface area contributed by atoms with E-state index < -0.39 is 0 Å². The highest BCUT2D eigenvalue weighted by Gasteiger charge is 2.34. The summed E-state index contributed by atoms with van der Waals surface area (Å²) in [6.07, 6.45) is 1.19. The minimum absolute atomic E-state index is 0.0369. The number of aliphatic hydroxyl groups excluding tert-OH is 1. The first-order valence-corrected chi connectivity index (χ1v) is 6.71. The third-order valence-corrected chi connectivity index (χ3v) is 4.01. The van der Waals surface area contributed by atoms with Crippen LogP contribution in [0.3, 0.4) is 0 Å². The number of carbonyl (C=O) groups is 1. The van der Waals surface area contributed by atoms with Gasteiger partial charge in [-0.25, -0.2) is 0 Å². The third-order valence-electron chi connectivity index (χ3n) is 4.01. The SMILES string of the molecule is CNc1ccc2c(c1)NC(=O)C(N1CC[C@@H](O)C1)C2. The Morgan fingerprint density at radius 1 is 1.47 bits per heavy atom. The van der Waals surface area contributed by atoms with Crippen molar-refractivity contribution in [3.8, 4) is 0 Å². The Bertz CT molecular complexity index is 503. The molecule has 2 aliphatic heterocycles. The number of hydrogen-bond donors (Lipinski definition) is 3. The Labute approximate surface area is 112 Å². The van der Waals surface area contributed by atoms with Gasteiger partial charge in [0.1, 0.15) is 0 Å². The Kier molecular flexibility index (Phi) is 3.16. The number of nitrogens with one attached hydrogen (secondary N) is 2. The largest absolute Gasteiger partial charge is 0.392 e. The predicted octanol–water partition coefficient (Wildman–Crippen LogP) is 0.658. The van der Waals surface area contributed by atoms with E-state index in [4.69, 9.17) is 0 Å². The van der Waals surface area contributed by atoms with Gasteiger partial charge < -0.3 is 15.7 Å². The first-order chi connectivity index (χ1) is 9.17. The van der Waals surface area contributed by atoms with Gasteiger partial charge in [0, 0.05) is 31.5 Å². The predicted molar refractivity (Wildman–Crippen MR) is 74.3 cm³/mol. The lowest BCUT2D eigenvalue weighted by molar-refractivity contribution is -0.121. The second-order valence-corrected chi connectivity index (χ2v) is 5.27. The average Bonchev–Trinajstić information content (AvgIpc) is 2.83. The van der Waals surface area contributed by atoms with E-state index in [1.165, 1.54) is 0 Å². The average molecular weight is 261 g/mol. The highest BCUT2D eigenvalue weighted by molar-refractivity contribution is 5.98. The van der Waals surface area contributed by atoms with Crippen LogP contribution in [0, 0.1) is 0 Å². The molecule has 19 heavy (non-hydrogen) atoms. The highest BCUT2D eigenvalue weighted by Crippen LogP contribution is 2.29. The van der Waals surface area contributed by atoms with Crippen LogP contribution in [0.1, 0.15) is 12.0 Å². The normalized spacial score (nSPS) is 26.9. The summed E-state index contributed by atoms with van der Waals surface area (Å²) in [7, 11) is 1.86. The van der Waals surface area contributed by atoms with E-state index >= 15 is 0 Å². The molecule has 0 saturated carbocycles. The summed E-state index contributed by atoms with van der Waals surface area (Å²) in [5.41, 5.74) is 3.05. The number of amides is 1. The Hall–Kier alpha value is -1.59. The molecule has 1 fully saturated rings. The van der Waals surface area contributed by atoms with Crippen LogP contribution < -0.4 is 10.6 Å². The van der Waals surface area contributed by atoms with Crippen molar-refractivity contribution in [3.63, 3.8) is 0 Å². The minimum atomic E-state index is -0.291. The van der Waals surface area contributed by atoms with Crippen LogP contribution in [0.4, 0.5) is 11.4 Å². The number of β-amino-alcohol motifs (C(OH)–C–C–N with tert-alkyl or cyclic N) is 1. The Balaban J connectivity index is 1.82. The van der Waals surface area contributed by atoms with Crippen molar-refractivity contribution < 1.29 is 9.90 Å². The van der Waals surface area contributed by atoms with Gasteiger partial charge in [-0.15, -0.1) is 0 Å². The molecule has 3 rings (SSSR count). The van der Waals surface area contributed by atoms with E-state index in [0.29, 0.717) is 6.54 Å². The summed E-state index contributed by atoms with van der Waals surface area (Å²) < 4.78 is 0. The van der Waals surface area contributed by atoms with Crippen molar-refractivity contribution in [1.82, 2.24) is 4.90 Å². The van der Waals surface area contributed by atoms with Crippen LogP contribution in [0.5, 0.6) is 0 Å². The first kappa shape index (κ1) is 12.4. The number of likely N-dealkylation sites (tertiary alicyclic amines) is 1. The number of benzene rings is 1.